The van der Waals surface area contributed by atoms with E-state index in [0.29, 0.717) is 5.75 Å². The zero-order valence-corrected chi connectivity index (χ0v) is 13.9. The minimum Gasteiger partial charge on any atom is -0.481 e. The smallest absolute Gasteiger partial charge is 0.416 e. The fraction of sp³-hybridized carbons (Fsp3) is 0.235. The molecule has 0 aromatic heterocycles. The maximum absolute atomic E-state index is 12.5. The molecule has 2 aromatic rings. The zero-order valence-electron chi connectivity index (χ0n) is 13.1. The predicted octanol–water partition coefficient (Wildman–Crippen LogP) is 4.83. The molecule has 0 heterocycles. The average molecular weight is 355 g/mol. The lowest BCUT2D eigenvalue weighted by Gasteiger charge is -2.15. The number of carbonyl (C=O) groups excluding carboxylic acids is 1. The number of thioether (sulfide) groups is 1. The van der Waals surface area contributed by atoms with Crippen LogP contribution in [0.3, 0.4) is 0 Å². The number of benzene rings is 2. The summed E-state index contributed by atoms with van der Waals surface area (Å²) in [6, 6.07) is 11.5. The molecule has 0 saturated heterocycles. The predicted molar refractivity (Wildman–Crippen MR) is 88.4 cm³/mol. The lowest BCUT2D eigenvalue weighted by atomic mass is 10.2. The van der Waals surface area contributed by atoms with Crippen molar-refractivity contribution in [2.75, 3.05) is 11.6 Å². The molecule has 0 saturated carbocycles. The van der Waals surface area contributed by atoms with E-state index in [1.165, 1.54) is 12.1 Å². The molecule has 0 spiro atoms. The average Bonchev–Trinajstić information content (AvgIpc) is 2.55. The number of rotatable bonds is 5. The summed E-state index contributed by atoms with van der Waals surface area (Å²) in [5.41, 5.74) is -0.486. The summed E-state index contributed by atoms with van der Waals surface area (Å²) in [6.45, 7) is 1.57. The Morgan fingerprint density at radius 1 is 1.08 bits per heavy atom. The molecular weight excluding hydrogens is 339 g/mol. The van der Waals surface area contributed by atoms with Gasteiger partial charge in [-0.2, -0.15) is 13.2 Å². The highest BCUT2D eigenvalue weighted by Gasteiger charge is 2.30. The van der Waals surface area contributed by atoms with Crippen LogP contribution in [0.1, 0.15) is 12.5 Å². The molecule has 128 valence electrons. The molecule has 0 unspecified atom stereocenters. The Bertz CT molecular complexity index is 684. The van der Waals surface area contributed by atoms with Gasteiger partial charge in [-0.25, -0.2) is 0 Å². The molecule has 0 aliphatic heterocycles. The van der Waals surface area contributed by atoms with E-state index in [9.17, 15) is 18.0 Å². The minimum absolute atomic E-state index is 0.279. The van der Waals surface area contributed by atoms with Crippen molar-refractivity contribution in [3.63, 3.8) is 0 Å². The molecule has 1 N–H and O–H groups in total. The molecule has 0 fully saturated rings. The third kappa shape index (κ3) is 4.92. The van der Waals surface area contributed by atoms with Gasteiger partial charge in [0.25, 0.3) is 5.91 Å². The Labute approximate surface area is 142 Å². The standard InChI is InChI=1S/C17H16F3NO2S/c1-11(23-14-7-9-15(24-2)10-8-14)16(22)21-13-5-3-12(4-6-13)17(18,19)20/h3-11H,1-2H3,(H,21,22)/t11-/m0/s1. The first kappa shape index (κ1) is 18.2. The van der Waals surface area contributed by atoms with Crippen LogP contribution in [-0.4, -0.2) is 18.3 Å². The highest BCUT2D eigenvalue weighted by molar-refractivity contribution is 7.98. The lowest BCUT2D eigenvalue weighted by Crippen LogP contribution is -2.30. The van der Waals surface area contributed by atoms with Gasteiger partial charge in [0.2, 0.25) is 0 Å². The fourth-order valence-corrected chi connectivity index (χ4v) is 2.31. The van der Waals surface area contributed by atoms with Gasteiger partial charge in [0.15, 0.2) is 6.10 Å². The maximum Gasteiger partial charge on any atom is 0.416 e. The quantitative estimate of drug-likeness (QED) is 0.781. The normalized spacial score (nSPS) is 12.5. The van der Waals surface area contributed by atoms with Crippen molar-refractivity contribution in [1.82, 2.24) is 0 Å². The second-order valence-electron chi connectivity index (χ2n) is 5.00. The number of amides is 1. The van der Waals surface area contributed by atoms with Crippen molar-refractivity contribution < 1.29 is 22.7 Å². The zero-order chi connectivity index (χ0) is 17.7. The number of nitrogens with one attached hydrogen (secondary N) is 1. The number of carbonyl (C=O) groups is 1. The van der Waals surface area contributed by atoms with Crippen molar-refractivity contribution in [1.29, 1.82) is 0 Å². The van der Waals surface area contributed by atoms with Crippen molar-refractivity contribution in [2.45, 2.75) is 24.1 Å². The Hall–Kier alpha value is -2.15. The second-order valence-corrected chi connectivity index (χ2v) is 5.88. The van der Waals surface area contributed by atoms with Gasteiger partial charge in [0.05, 0.1) is 5.56 Å². The van der Waals surface area contributed by atoms with Crippen LogP contribution in [0.15, 0.2) is 53.4 Å². The summed E-state index contributed by atoms with van der Waals surface area (Å²) in [7, 11) is 0. The first-order valence-corrected chi connectivity index (χ1v) is 8.31. The van der Waals surface area contributed by atoms with E-state index in [-0.39, 0.29) is 5.69 Å². The Morgan fingerprint density at radius 3 is 2.17 bits per heavy atom. The first-order valence-electron chi connectivity index (χ1n) is 7.08. The van der Waals surface area contributed by atoms with Gasteiger partial charge in [-0.05, 0) is 61.7 Å². The van der Waals surface area contributed by atoms with Crippen LogP contribution in [-0.2, 0) is 11.0 Å². The van der Waals surface area contributed by atoms with E-state index in [0.717, 1.165) is 17.0 Å². The van der Waals surface area contributed by atoms with Gasteiger partial charge in [-0.3, -0.25) is 4.79 Å². The molecular formula is C17H16F3NO2S. The van der Waals surface area contributed by atoms with E-state index in [4.69, 9.17) is 4.74 Å². The number of hydrogen-bond donors (Lipinski definition) is 1. The third-order valence-electron chi connectivity index (χ3n) is 3.22. The number of anilines is 1. The Balaban J connectivity index is 1.95. The van der Waals surface area contributed by atoms with E-state index >= 15 is 0 Å². The molecule has 0 aliphatic carbocycles. The topological polar surface area (TPSA) is 38.3 Å². The summed E-state index contributed by atoms with van der Waals surface area (Å²) in [6.07, 6.45) is -3.23. The Kier molecular flexibility index (Phi) is 5.77. The number of halogens is 3. The third-order valence-corrected chi connectivity index (χ3v) is 3.96. The van der Waals surface area contributed by atoms with Crippen molar-refractivity contribution in [3.05, 3.63) is 54.1 Å². The fourth-order valence-electron chi connectivity index (χ4n) is 1.90. The lowest BCUT2D eigenvalue weighted by molar-refractivity contribution is -0.137. The Morgan fingerprint density at radius 2 is 1.67 bits per heavy atom. The van der Waals surface area contributed by atoms with Crippen LogP contribution in [0.4, 0.5) is 18.9 Å². The second kappa shape index (κ2) is 7.61. The van der Waals surface area contributed by atoms with Crippen molar-refractivity contribution >= 4 is 23.4 Å². The van der Waals surface area contributed by atoms with E-state index < -0.39 is 23.8 Å². The summed E-state index contributed by atoms with van der Waals surface area (Å²) in [4.78, 5) is 13.1. The van der Waals surface area contributed by atoms with Crippen LogP contribution in [0.5, 0.6) is 5.75 Å². The summed E-state index contributed by atoms with van der Waals surface area (Å²) >= 11 is 1.59. The SMILES string of the molecule is CSc1ccc(O[C@@H](C)C(=O)Nc2ccc(C(F)(F)F)cc2)cc1. The highest BCUT2D eigenvalue weighted by atomic mass is 32.2. The largest absolute Gasteiger partial charge is 0.481 e. The highest BCUT2D eigenvalue weighted by Crippen LogP contribution is 2.29. The van der Waals surface area contributed by atoms with Crippen LogP contribution < -0.4 is 10.1 Å². The minimum atomic E-state index is -4.40. The number of hydrogen-bond acceptors (Lipinski definition) is 3. The molecule has 1 atom stereocenters. The number of alkyl halides is 3. The molecule has 2 rings (SSSR count). The molecule has 0 aliphatic rings. The van der Waals surface area contributed by atoms with Gasteiger partial charge in [0, 0.05) is 10.6 Å². The maximum atomic E-state index is 12.5. The van der Waals surface area contributed by atoms with E-state index in [2.05, 4.69) is 5.32 Å². The molecule has 3 nitrogen and oxygen atoms in total. The van der Waals surface area contributed by atoms with Crippen LogP contribution in [0.25, 0.3) is 0 Å². The van der Waals surface area contributed by atoms with Crippen molar-refractivity contribution in [3.8, 4) is 5.75 Å². The van der Waals surface area contributed by atoms with E-state index in [1.54, 1.807) is 30.8 Å². The van der Waals surface area contributed by atoms with Gasteiger partial charge in [0.1, 0.15) is 5.75 Å². The summed E-state index contributed by atoms with van der Waals surface area (Å²) in [5, 5.41) is 2.53. The molecule has 0 radical (unpaired) electrons. The summed E-state index contributed by atoms with van der Waals surface area (Å²) in [5.74, 6) is 0.103. The van der Waals surface area contributed by atoms with Crippen molar-refractivity contribution in [2.24, 2.45) is 0 Å². The monoisotopic (exact) mass is 355 g/mol. The van der Waals surface area contributed by atoms with Gasteiger partial charge < -0.3 is 10.1 Å². The molecule has 2 aromatic carbocycles. The molecule has 0 bridgehead atoms. The van der Waals surface area contributed by atoms with Gasteiger partial charge in [-0.15, -0.1) is 11.8 Å². The molecule has 24 heavy (non-hydrogen) atoms. The van der Waals surface area contributed by atoms with E-state index in [1.807, 2.05) is 18.4 Å². The first-order chi connectivity index (χ1) is 11.3. The number of ether oxygens (including phenoxy) is 1. The summed E-state index contributed by atoms with van der Waals surface area (Å²) < 4.78 is 43.0. The molecule has 1 amide bonds. The van der Waals surface area contributed by atoms with Crippen LogP contribution in [0.2, 0.25) is 0 Å². The van der Waals surface area contributed by atoms with Crippen LogP contribution >= 0.6 is 11.8 Å². The van der Waals surface area contributed by atoms with Gasteiger partial charge >= 0.3 is 6.18 Å². The molecule has 7 heteroatoms. The van der Waals surface area contributed by atoms with Gasteiger partial charge in [-0.1, -0.05) is 0 Å². The van der Waals surface area contributed by atoms with Crippen LogP contribution in [0, 0.1) is 0 Å².